The van der Waals surface area contributed by atoms with Gasteiger partial charge in [0.15, 0.2) is 0 Å². The normalized spacial score (nSPS) is 16.4. The van der Waals surface area contributed by atoms with E-state index in [0.29, 0.717) is 0 Å². The first-order valence-corrected chi connectivity index (χ1v) is 5.39. The van der Waals surface area contributed by atoms with E-state index in [1.54, 1.807) is 0 Å². The van der Waals surface area contributed by atoms with E-state index in [1.807, 2.05) is 0 Å². The van der Waals surface area contributed by atoms with Gasteiger partial charge in [-0.05, 0) is 0 Å². The van der Waals surface area contributed by atoms with E-state index in [4.69, 9.17) is 0 Å². The second kappa shape index (κ2) is 9.45. The van der Waals surface area contributed by atoms with Crippen LogP contribution < -0.4 is 0 Å². The van der Waals surface area contributed by atoms with Gasteiger partial charge in [-0.25, -0.2) is 23.3 Å². The zero-order valence-corrected chi connectivity index (χ0v) is 12.1. The molecule has 0 saturated heterocycles. The first kappa shape index (κ1) is 15.2. The number of hydrogen-bond acceptors (Lipinski definition) is 0. The Bertz CT molecular complexity index is 250. The van der Waals surface area contributed by atoms with Gasteiger partial charge in [-0.2, -0.15) is 12.2 Å². The first-order valence-electron chi connectivity index (χ1n) is 5.39. The summed E-state index contributed by atoms with van der Waals surface area (Å²) in [5.74, 6) is 0. The van der Waals surface area contributed by atoms with Gasteiger partial charge < -0.3 is 0 Å². The number of rotatable bonds is 2. The van der Waals surface area contributed by atoms with Crippen molar-refractivity contribution in [2.45, 2.75) is 39.5 Å². The fourth-order valence-corrected chi connectivity index (χ4v) is 1.39. The van der Waals surface area contributed by atoms with Crippen LogP contribution in [-0.4, -0.2) is 37.7 Å². The van der Waals surface area contributed by atoms with Crippen LogP contribution in [0.3, 0.4) is 0 Å². The molecule has 0 fully saturated rings. The van der Waals surface area contributed by atoms with E-state index in [1.165, 1.54) is 11.1 Å². The maximum Gasteiger partial charge on any atom is 2.00 e. The molecule has 0 aromatic rings. The molecule has 0 bridgehead atoms. The summed E-state index contributed by atoms with van der Waals surface area (Å²) in [7, 11) is 0. The summed E-state index contributed by atoms with van der Waals surface area (Å²) >= 11 is 0. The van der Waals surface area contributed by atoms with Gasteiger partial charge in [-0.15, -0.1) is 12.8 Å². The fourth-order valence-electron chi connectivity index (χ4n) is 1.39. The third-order valence-electron chi connectivity index (χ3n) is 2.29. The van der Waals surface area contributed by atoms with Gasteiger partial charge in [0, 0.05) is 0 Å². The molecule has 0 aliphatic heterocycles. The van der Waals surface area contributed by atoms with Crippen LogP contribution in [0.4, 0.5) is 0 Å². The second-order valence-corrected chi connectivity index (χ2v) is 3.32. The van der Waals surface area contributed by atoms with Crippen molar-refractivity contribution in [2.24, 2.45) is 0 Å². The molecule has 0 nitrogen and oxygen atoms in total. The topological polar surface area (TPSA) is 0 Å². The van der Waals surface area contributed by atoms with Crippen LogP contribution in [0.15, 0.2) is 35.5 Å². The molecule has 2 aliphatic carbocycles. The van der Waals surface area contributed by atoms with Crippen LogP contribution in [0, 0.1) is 12.2 Å². The van der Waals surface area contributed by atoms with Crippen LogP contribution in [0.5, 0.6) is 0 Å². The molecule has 2 rings (SSSR count). The van der Waals surface area contributed by atoms with Gasteiger partial charge in [0.05, 0.1) is 0 Å². The zero-order valence-electron chi connectivity index (χ0n) is 9.84. The molecule has 0 aromatic heterocycles. The van der Waals surface area contributed by atoms with Crippen molar-refractivity contribution in [3.05, 3.63) is 47.6 Å². The van der Waals surface area contributed by atoms with Gasteiger partial charge in [-0.1, -0.05) is 26.7 Å². The summed E-state index contributed by atoms with van der Waals surface area (Å²) in [6.07, 6.45) is 19.3. The van der Waals surface area contributed by atoms with Gasteiger partial charge in [0.1, 0.15) is 0 Å². The molecule has 15 heavy (non-hydrogen) atoms. The molecule has 2 aliphatic rings. The van der Waals surface area contributed by atoms with Crippen molar-refractivity contribution in [2.75, 3.05) is 0 Å². The summed E-state index contributed by atoms with van der Waals surface area (Å²) in [5.41, 5.74) is 2.72. The third-order valence-corrected chi connectivity index (χ3v) is 2.29. The molecule has 0 unspecified atom stereocenters. The molecule has 76 valence electrons. The van der Waals surface area contributed by atoms with Crippen molar-refractivity contribution in [3.8, 4) is 0 Å². The third kappa shape index (κ3) is 6.40. The molecular weight excluding hydrogens is 208 g/mol. The molecule has 0 amide bonds. The summed E-state index contributed by atoms with van der Waals surface area (Å²) in [4.78, 5) is 0. The first-order chi connectivity index (χ1) is 6.86. The number of allylic oxidation sites excluding steroid dienone is 8. The summed E-state index contributed by atoms with van der Waals surface area (Å²) < 4.78 is 0. The summed E-state index contributed by atoms with van der Waals surface area (Å²) in [6.45, 7) is 4.30. The van der Waals surface area contributed by atoms with Gasteiger partial charge in [0.2, 0.25) is 0 Å². The Hall–Kier alpha value is 0.220. The number of hydrogen-bond donors (Lipinski definition) is 0. The zero-order chi connectivity index (χ0) is 10.2. The predicted octanol–water partition coefficient (Wildman–Crippen LogP) is 3.79. The van der Waals surface area contributed by atoms with E-state index in [-0.39, 0.29) is 37.7 Å². The van der Waals surface area contributed by atoms with Crippen molar-refractivity contribution in [3.63, 3.8) is 0 Å². The maximum absolute atomic E-state index is 3.21. The maximum atomic E-state index is 3.21. The monoisotopic (exact) mass is 226 g/mol. The van der Waals surface area contributed by atoms with Crippen molar-refractivity contribution in [1.82, 2.24) is 0 Å². The molecule has 0 heterocycles. The largest absolute Gasteiger partial charge is 2.00 e. The van der Waals surface area contributed by atoms with Gasteiger partial charge >= 0.3 is 37.7 Å². The Morgan fingerprint density at radius 1 is 0.933 bits per heavy atom. The van der Waals surface area contributed by atoms with Crippen LogP contribution in [0.2, 0.25) is 0 Å². The average molecular weight is 226 g/mol. The Labute approximate surface area is 124 Å². The minimum Gasteiger partial charge on any atom is -0.270 e. The van der Waals surface area contributed by atoms with Crippen LogP contribution >= 0.6 is 0 Å². The Morgan fingerprint density at radius 3 is 1.47 bits per heavy atom. The van der Waals surface area contributed by atoms with Crippen molar-refractivity contribution in [1.29, 1.82) is 0 Å². The van der Waals surface area contributed by atoms with E-state index in [2.05, 4.69) is 50.3 Å². The molecule has 1 heteroatoms. The smallest absolute Gasteiger partial charge is 0.270 e. The minimum atomic E-state index is 0. The average Bonchev–Trinajstić information content (AvgIpc) is 2.92. The Balaban J connectivity index is 0.000000245. The quantitative estimate of drug-likeness (QED) is 0.496. The molecular formula is C14H18Ca. The van der Waals surface area contributed by atoms with E-state index >= 15 is 0 Å². The van der Waals surface area contributed by atoms with Crippen LogP contribution in [-0.2, 0) is 0 Å². The molecule has 0 spiro atoms. The predicted molar refractivity (Wildman–Crippen MR) is 67.4 cm³/mol. The van der Waals surface area contributed by atoms with Gasteiger partial charge in [0.25, 0.3) is 0 Å². The molecule has 0 N–H and O–H groups in total. The summed E-state index contributed by atoms with van der Waals surface area (Å²) in [6, 6.07) is 0. The molecule has 0 aromatic carbocycles. The standard InChI is InChI=1S/2C7H9.Ca/c2*1-2-7-5-3-4-6-7;/h2*3,5H,2,4H2,1H3;/q2*-1;+2. The minimum absolute atomic E-state index is 0. The Morgan fingerprint density at radius 2 is 1.33 bits per heavy atom. The van der Waals surface area contributed by atoms with E-state index < -0.39 is 0 Å². The SMILES string of the molecule is CCC1=[C-]CC=C1.CCC1=[C-]CC=C1.[Ca+2]. The van der Waals surface area contributed by atoms with E-state index in [0.717, 1.165) is 25.7 Å². The van der Waals surface area contributed by atoms with E-state index in [9.17, 15) is 0 Å². The fraction of sp³-hybridized carbons (Fsp3) is 0.429. The van der Waals surface area contributed by atoms with Crippen LogP contribution in [0.1, 0.15) is 39.5 Å². The van der Waals surface area contributed by atoms with Crippen molar-refractivity contribution < 1.29 is 0 Å². The van der Waals surface area contributed by atoms with Gasteiger partial charge in [-0.3, -0.25) is 12.2 Å². The summed E-state index contributed by atoms with van der Waals surface area (Å²) in [5, 5.41) is 0. The molecule has 0 atom stereocenters. The second-order valence-electron chi connectivity index (χ2n) is 3.32. The molecule has 0 radical (unpaired) electrons. The van der Waals surface area contributed by atoms with Crippen LogP contribution in [0.25, 0.3) is 0 Å². The Kier molecular flexibility index (Phi) is 9.58. The molecule has 0 saturated carbocycles. The van der Waals surface area contributed by atoms with Crippen molar-refractivity contribution >= 4 is 37.7 Å².